The molecule has 0 saturated heterocycles. The van der Waals surface area contributed by atoms with Crippen LogP contribution in [0.4, 0.5) is 13.2 Å². The molecular weight excluding hydrogens is 275 g/mol. The maximum atomic E-state index is 13.9. The minimum Gasteiger partial charge on any atom is -0.385 e. The van der Waals surface area contributed by atoms with Gasteiger partial charge in [-0.3, -0.25) is 9.79 Å². The van der Waals surface area contributed by atoms with Crippen molar-refractivity contribution in [3.8, 4) is 0 Å². The van der Waals surface area contributed by atoms with E-state index >= 15 is 0 Å². The summed E-state index contributed by atoms with van der Waals surface area (Å²) in [7, 11) is 0. The van der Waals surface area contributed by atoms with Gasteiger partial charge >= 0.3 is 0 Å². The summed E-state index contributed by atoms with van der Waals surface area (Å²) < 4.78 is 45.7. The Morgan fingerprint density at radius 2 is 2.15 bits per heavy atom. The zero-order valence-corrected chi connectivity index (χ0v) is 10.3. The van der Waals surface area contributed by atoms with Crippen LogP contribution in [0.25, 0.3) is 0 Å². The van der Waals surface area contributed by atoms with E-state index in [2.05, 4.69) is 4.99 Å². The van der Waals surface area contributed by atoms with Crippen LogP contribution in [0.5, 0.6) is 0 Å². The number of hydrogen-bond donors (Lipinski definition) is 2. The van der Waals surface area contributed by atoms with Crippen molar-refractivity contribution in [2.24, 2.45) is 16.5 Å². The molecule has 0 fully saturated rings. The number of hydrogen-bond acceptors (Lipinski definition) is 4. The number of nitrogens with two attached hydrogens (primary N) is 2. The van der Waals surface area contributed by atoms with Gasteiger partial charge in [0.25, 0.3) is 6.43 Å². The van der Waals surface area contributed by atoms with Crippen molar-refractivity contribution >= 4 is 11.7 Å². The fourth-order valence-corrected chi connectivity index (χ4v) is 2.01. The minimum absolute atomic E-state index is 0.0965. The Morgan fingerprint density at radius 1 is 1.45 bits per heavy atom. The highest BCUT2D eigenvalue weighted by molar-refractivity contribution is 5.93. The number of carbonyl (C=O) groups excluding carboxylic acids is 1. The van der Waals surface area contributed by atoms with E-state index in [0.717, 1.165) is 18.2 Å². The average Bonchev–Trinajstić information content (AvgIpc) is 2.38. The standard InChI is InChI=1S/C12H12F3N3O2/c13-8-2-1-6(10(17)19)3-7(8)12(11(14)15)5-20-4-9(16)18-12/h1-3,11H,4-5H2,(H2,16,18)(H2,17,19). The molecule has 5 nitrogen and oxygen atoms in total. The molecule has 1 aromatic rings. The summed E-state index contributed by atoms with van der Waals surface area (Å²) in [6.45, 7) is -0.643. The molecule has 0 radical (unpaired) electrons. The van der Waals surface area contributed by atoms with Crippen molar-refractivity contribution in [1.82, 2.24) is 0 Å². The first-order valence-electron chi connectivity index (χ1n) is 5.67. The smallest absolute Gasteiger partial charge is 0.269 e. The van der Waals surface area contributed by atoms with Gasteiger partial charge in [-0.05, 0) is 18.2 Å². The summed E-state index contributed by atoms with van der Waals surface area (Å²) >= 11 is 0. The molecule has 0 saturated carbocycles. The van der Waals surface area contributed by atoms with E-state index in [0.29, 0.717) is 0 Å². The number of benzene rings is 1. The summed E-state index contributed by atoms with van der Waals surface area (Å²) in [5.74, 6) is -1.96. The molecule has 0 bridgehead atoms. The van der Waals surface area contributed by atoms with Crippen LogP contribution in [0.2, 0.25) is 0 Å². The molecule has 1 heterocycles. The molecular formula is C12H12F3N3O2. The Labute approximate surface area is 112 Å². The molecule has 108 valence electrons. The summed E-state index contributed by atoms with van der Waals surface area (Å²) in [5, 5.41) is 0. The van der Waals surface area contributed by atoms with E-state index in [1.807, 2.05) is 0 Å². The molecule has 1 aromatic carbocycles. The van der Waals surface area contributed by atoms with E-state index in [1.165, 1.54) is 0 Å². The Hall–Kier alpha value is -2.09. The molecule has 1 aliphatic heterocycles. The number of primary amides is 1. The van der Waals surface area contributed by atoms with Crippen LogP contribution in [0, 0.1) is 5.82 Å². The highest BCUT2D eigenvalue weighted by Crippen LogP contribution is 2.37. The van der Waals surface area contributed by atoms with Crippen LogP contribution in [0.3, 0.4) is 0 Å². The van der Waals surface area contributed by atoms with Crippen LogP contribution in [0.15, 0.2) is 23.2 Å². The number of aliphatic imine (C=N–C) groups is 1. The van der Waals surface area contributed by atoms with Crippen LogP contribution in [-0.4, -0.2) is 31.4 Å². The molecule has 1 amide bonds. The number of rotatable bonds is 3. The highest BCUT2D eigenvalue weighted by atomic mass is 19.3. The molecule has 1 aliphatic rings. The first kappa shape index (κ1) is 14.3. The Kier molecular flexibility index (Phi) is 3.67. The first-order valence-corrected chi connectivity index (χ1v) is 5.67. The predicted molar refractivity (Wildman–Crippen MR) is 65.0 cm³/mol. The zero-order chi connectivity index (χ0) is 14.9. The molecule has 4 N–H and O–H groups in total. The normalized spacial score (nSPS) is 22.7. The topological polar surface area (TPSA) is 90.7 Å². The summed E-state index contributed by atoms with van der Waals surface area (Å²) in [5.41, 5.74) is 7.65. The Bertz CT molecular complexity index is 577. The molecule has 0 aromatic heterocycles. The van der Waals surface area contributed by atoms with Gasteiger partial charge in [-0.1, -0.05) is 0 Å². The average molecular weight is 287 g/mol. The van der Waals surface area contributed by atoms with Crippen molar-refractivity contribution in [3.05, 3.63) is 35.1 Å². The van der Waals surface area contributed by atoms with Crippen molar-refractivity contribution in [2.45, 2.75) is 12.0 Å². The van der Waals surface area contributed by atoms with Gasteiger partial charge in [0.1, 0.15) is 18.3 Å². The second-order valence-corrected chi connectivity index (χ2v) is 4.38. The largest absolute Gasteiger partial charge is 0.385 e. The lowest BCUT2D eigenvalue weighted by atomic mass is 9.89. The van der Waals surface area contributed by atoms with E-state index in [9.17, 15) is 18.0 Å². The number of nitrogens with zero attached hydrogens (tertiary/aromatic N) is 1. The second kappa shape index (κ2) is 5.12. The lowest BCUT2D eigenvalue weighted by molar-refractivity contribution is -0.0146. The molecule has 1 atom stereocenters. The van der Waals surface area contributed by atoms with Crippen molar-refractivity contribution < 1.29 is 22.7 Å². The lowest BCUT2D eigenvalue weighted by Gasteiger charge is -2.33. The van der Waals surface area contributed by atoms with E-state index < -0.39 is 35.9 Å². The zero-order valence-electron chi connectivity index (χ0n) is 10.3. The molecule has 20 heavy (non-hydrogen) atoms. The summed E-state index contributed by atoms with van der Waals surface area (Å²) in [6.07, 6.45) is -3.06. The number of carbonyl (C=O) groups is 1. The van der Waals surface area contributed by atoms with Gasteiger partial charge in [0.2, 0.25) is 5.91 Å². The fraction of sp³-hybridized carbons (Fsp3) is 0.333. The predicted octanol–water partition coefficient (Wildman–Crippen LogP) is 0.772. The van der Waals surface area contributed by atoms with Gasteiger partial charge in [-0.2, -0.15) is 0 Å². The fourth-order valence-electron chi connectivity index (χ4n) is 2.01. The Morgan fingerprint density at radius 3 is 2.70 bits per heavy atom. The van der Waals surface area contributed by atoms with E-state index in [-0.39, 0.29) is 18.0 Å². The molecule has 0 spiro atoms. The first-order chi connectivity index (χ1) is 9.36. The lowest BCUT2D eigenvalue weighted by Crippen LogP contribution is -2.45. The quantitative estimate of drug-likeness (QED) is 0.860. The van der Waals surface area contributed by atoms with Crippen LogP contribution in [-0.2, 0) is 10.3 Å². The van der Waals surface area contributed by atoms with Crippen LogP contribution in [0.1, 0.15) is 15.9 Å². The van der Waals surface area contributed by atoms with Crippen LogP contribution < -0.4 is 11.5 Å². The maximum absolute atomic E-state index is 13.9. The number of halogens is 3. The molecule has 1 unspecified atom stereocenters. The van der Waals surface area contributed by atoms with Crippen molar-refractivity contribution in [2.75, 3.05) is 13.2 Å². The number of amides is 1. The van der Waals surface area contributed by atoms with Crippen LogP contribution >= 0.6 is 0 Å². The SMILES string of the molecule is NC(=O)c1ccc(F)c(C2(C(F)F)COCC(N)=N2)c1. The highest BCUT2D eigenvalue weighted by Gasteiger charge is 2.46. The van der Waals surface area contributed by atoms with Gasteiger partial charge in [-0.15, -0.1) is 0 Å². The van der Waals surface area contributed by atoms with Crippen molar-refractivity contribution in [1.29, 1.82) is 0 Å². The third kappa shape index (κ3) is 2.34. The van der Waals surface area contributed by atoms with Gasteiger partial charge in [0.15, 0.2) is 5.54 Å². The third-order valence-corrected chi connectivity index (χ3v) is 2.99. The van der Waals surface area contributed by atoms with Crippen molar-refractivity contribution in [3.63, 3.8) is 0 Å². The molecule has 2 rings (SSSR count). The summed E-state index contributed by atoms with van der Waals surface area (Å²) in [4.78, 5) is 14.8. The van der Waals surface area contributed by atoms with E-state index in [1.54, 1.807) is 0 Å². The van der Waals surface area contributed by atoms with Gasteiger partial charge < -0.3 is 16.2 Å². The van der Waals surface area contributed by atoms with Gasteiger partial charge in [0.05, 0.1) is 6.61 Å². The third-order valence-electron chi connectivity index (χ3n) is 2.99. The van der Waals surface area contributed by atoms with E-state index in [4.69, 9.17) is 16.2 Å². The van der Waals surface area contributed by atoms with Gasteiger partial charge in [-0.25, -0.2) is 13.2 Å². The number of ether oxygens (including phenoxy) is 1. The van der Waals surface area contributed by atoms with Gasteiger partial charge in [0, 0.05) is 11.1 Å². The monoisotopic (exact) mass is 287 g/mol. The molecule has 8 heteroatoms. The molecule has 0 aliphatic carbocycles. The summed E-state index contributed by atoms with van der Waals surface area (Å²) in [6, 6.07) is 2.95. The minimum atomic E-state index is -3.06. The number of alkyl halides is 2. The number of amidine groups is 1. The maximum Gasteiger partial charge on any atom is 0.269 e. The second-order valence-electron chi connectivity index (χ2n) is 4.38. The Balaban J connectivity index is 2.64.